The Bertz CT molecular complexity index is 279. The quantitative estimate of drug-likeness (QED) is 0.800. The van der Waals surface area contributed by atoms with Gasteiger partial charge in [-0.3, -0.25) is 0 Å². The molecule has 2 heterocycles. The van der Waals surface area contributed by atoms with Crippen LogP contribution in [0.5, 0.6) is 0 Å². The van der Waals surface area contributed by atoms with Gasteiger partial charge in [0.2, 0.25) is 0 Å². The Balaban J connectivity index is 1.76. The maximum atomic E-state index is 5.61. The summed E-state index contributed by atoms with van der Waals surface area (Å²) in [6.07, 6.45) is 5.93. The molecule has 1 aliphatic heterocycles. The standard InChI is InChI=1S/C10H16N2O2/c11-10-7-9(14-12-10)5-4-8-3-1-2-6-13-8/h7-8H,1-6H2,(H2,11,12). The van der Waals surface area contributed by atoms with Crippen LogP contribution in [0.1, 0.15) is 31.4 Å². The second kappa shape index (κ2) is 4.46. The van der Waals surface area contributed by atoms with E-state index in [1.54, 1.807) is 6.07 Å². The van der Waals surface area contributed by atoms with E-state index in [2.05, 4.69) is 5.16 Å². The Labute approximate surface area is 83.4 Å². The van der Waals surface area contributed by atoms with Crippen LogP contribution in [0.15, 0.2) is 10.6 Å². The highest BCUT2D eigenvalue weighted by atomic mass is 16.5. The zero-order valence-corrected chi connectivity index (χ0v) is 8.24. The van der Waals surface area contributed by atoms with Gasteiger partial charge in [0.05, 0.1) is 6.10 Å². The molecule has 1 aliphatic rings. The summed E-state index contributed by atoms with van der Waals surface area (Å²) < 4.78 is 10.6. The summed E-state index contributed by atoms with van der Waals surface area (Å²) in [7, 11) is 0. The Hall–Kier alpha value is -1.03. The number of nitrogens with zero attached hydrogens (tertiary/aromatic N) is 1. The fourth-order valence-corrected chi connectivity index (χ4v) is 1.79. The number of ether oxygens (including phenoxy) is 1. The molecule has 0 spiro atoms. The molecule has 0 saturated carbocycles. The van der Waals surface area contributed by atoms with Crippen molar-refractivity contribution in [2.45, 2.75) is 38.2 Å². The van der Waals surface area contributed by atoms with Crippen LogP contribution in [-0.2, 0) is 11.2 Å². The van der Waals surface area contributed by atoms with Gasteiger partial charge in [-0.15, -0.1) is 0 Å². The van der Waals surface area contributed by atoms with Crippen molar-refractivity contribution in [3.05, 3.63) is 11.8 Å². The van der Waals surface area contributed by atoms with Gasteiger partial charge in [0, 0.05) is 19.1 Å². The Morgan fingerprint density at radius 2 is 2.43 bits per heavy atom. The molecule has 2 rings (SSSR count). The van der Waals surface area contributed by atoms with Gasteiger partial charge in [-0.05, 0) is 25.7 Å². The van der Waals surface area contributed by atoms with Crippen LogP contribution in [0.3, 0.4) is 0 Å². The largest absolute Gasteiger partial charge is 0.381 e. The Morgan fingerprint density at radius 3 is 3.07 bits per heavy atom. The Kier molecular flexibility index (Phi) is 3.03. The highest BCUT2D eigenvalue weighted by molar-refractivity contribution is 5.26. The van der Waals surface area contributed by atoms with Gasteiger partial charge in [-0.2, -0.15) is 0 Å². The summed E-state index contributed by atoms with van der Waals surface area (Å²) in [5.74, 6) is 1.32. The molecular weight excluding hydrogens is 180 g/mol. The van der Waals surface area contributed by atoms with Gasteiger partial charge in [0.15, 0.2) is 5.82 Å². The number of nitrogens with two attached hydrogens (primary N) is 1. The van der Waals surface area contributed by atoms with Gasteiger partial charge in [0.1, 0.15) is 5.76 Å². The first kappa shape index (κ1) is 9.52. The van der Waals surface area contributed by atoms with E-state index in [4.69, 9.17) is 15.0 Å². The Morgan fingerprint density at radius 1 is 1.50 bits per heavy atom. The summed E-state index contributed by atoms with van der Waals surface area (Å²) >= 11 is 0. The van der Waals surface area contributed by atoms with Crippen LogP contribution >= 0.6 is 0 Å². The van der Waals surface area contributed by atoms with Crippen LogP contribution in [-0.4, -0.2) is 17.9 Å². The molecule has 1 atom stereocenters. The molecule has 1 unspecified atom stereocenters. The van der Waals surface area contributed by atoms with E-state index in [1.165, 1.54) is 19.3 Å². The molecule has 1 fully saturated rings. The molecule has 4 heteroatoms. The molecule has 0 radical (unpaired) electrons. The van der Waals surface area contributed by atoms with E-state index in [0.717, 1.165) is 25.2 Å². The van der Waals surface area contributed by atoms with Crippen molar-refractivity contribution in [1.82, 2.24) is 5.16 Å². The van der Waals surface area contributed by atoms with E-state index >= 15 is 0 Å². The SMILES string of the molecule is Nc1cc(CCC2CCCCO2)on1. The lowest BCUT2D eigenvalue weighted by Crippen LogP contribution is -2.19. The second-order valence-electron chi connectivity index (χ2n) is 3.75. The number of aryl methyl sites for hydroxylation is 1. The van der Waals surface area contributed by atoms with Gasteiger partial charge in [-0.25, -0.2) is 0 Å². The second-order valence-corrected chi connectivity index (χ2v) is 3.75. The topological polar surface area (TPSA) is 61.3 Å². The van der Waals surface area contributed by atoms with E-state index < -0.39 is 0 Å². The van der Waals surface area contributed by atoms with E-state index in [0.29, 0.717) is 11.9 Å². The molecule has 1 aromatic rings. The minimum atomic E-state index is 0.398. The monoisotopic (exact) mass is 196 g/mol. The average molecular weight is 196 g/mol. The molecule has 1 saturated heterocycles. The van der Waals surface area contributed by atoms with Crippen LogP contribution in [0.2, 0.25) is 0 Å². The van der Waals surface area contributed by atoms with Crippen LogP contribution in [0.4, 0.5) is 5.82 Å². The predicted molar refractivity (Wildman–Crippen MR) is 52.8 cm³/mol. The third kappa shape index (κ3) is 2.48. The number of nitrogen functional groups attached to an aromatic ring is 1. The summed E-state index contributed by atoms with van der Waals surface area (Å²) in [6.45, 7) is 0.906. The van der Waals surface area contributed by atoms with Crippen LogP contribution in [0.25, 0.3) is 0 Å². The predicted octanol–water partition coefficient (Wildman–Crippen LogP) is 1.76. The van der Waals surface area contributed by atoms with Crippen molar-refractivity contribution in [2.75, 3.05) is 12.3 Å². The van der Waals surface area contributed by atoms with Crippen molar-refractivity contribution in [3.8, 4) is 0 Å². The number of hydrogen-bond donors (Lipinski definition) is 1. The first-order valence-electron chi connectivity index (χ1n) is 5.17. The first-order chi connectivity index (χ1) is 6.84. The molecule has 0 bridgehead atoms. The van der Waals surface area contributed by atoms with Crippen molar-refractivity contribution in [3.63, 3.8) is 0 Å². The van der Waals surface area contributed by atoms with E-state index in [1.807, 2.05) is 0 Å². The smallest absolute Gasteiger partial charge is 0.167 e. The highest BCUT2D eigenvalue weighted by Gasteiger charge is 2.14. The minimum Gasteiger partial charge on any atom is -0.381 e. The molecule has 4 nitrogen and oxygen atoms in total. The van der Waals surface area contributed by atoms with Gasteiger partial charge >= 0.3 is 0 Å². The summed E-state index contributed by atoms with van der Waals surface area (Å²) in [5, 5.41) is 3.64. The van der Waals surface area contributed by atoms with Crippen molar-refractivity contribution in [2.24, 2.45) is 0 Å². The molecule has 1 aromatic heterocycles. The van der Waals surface area contributed by atoms with Crippen LogP contribution < -0.4 is 5.73 Å². The lowest BCUT2D eigenvalue weighted by atomic mass is 10.0. The van der Waals surface area contributed by atoms with Crippen molar-refractivity contribution < 1.29 is 9.26 Å². The zero-order chi connectivity index (χ0) is 9.80. The number of aromatic nitrogens is 1. The molecule has 2 N–H and O–H groups in total. The molecule has 0 aromatic carbocycles. The normalized spacial score (nSPS) is 22.4. The first-order valence-corrected chi connectivity index (χ1v) is 5.17. The lowest BCUT2D eigenvalue weighted by Gasteiger charge is -2.21. The van der Waals surface area contributed by atoms with E-state index in [9.17, 15) is 0 Å². The fraction of sp³-hybridized carbons (Fsp3) is 0.700. The minimum absolute atomic E-state index is 0.398. The maximum Gasteiger partial charge on any atom is 0.167 e. The van der Waals surface area contributed by atoms with Gasteiger partial charge in [-0.1, -0.05) is 5.16 Å². The van der Waals surface area contributed by atoms with Crippen LogP contribution in [0, 0.1) is 0 Å². The molecule has 14 heavy (non-hydrogen) atoms. The van der Waals surface area contributed by atoms with E-state index in [-0.39, 0.29) is 0 Å². The van der Waals surface area contributed by atoms with Crippen molar-refractivity contribution in [1.29, 1.82) is 0 Å². The average Bonchev–Trinajstić information content (AvgIpc) is 2.63. The lowest BCUT2D eigenvalue weighted by molar-refractivity contribution is 0.0106. The van der Waals surface area contributed by atoms with Gasteiger partial charge in [0.25, 0.3) is 0 Å². The molecule has 0 aliphatic carbocycles. The fourth-order valence-electron chi connectivity index (χ4n) is 1.79. The number of hydrogen-bond acceptors (Lipinski definition) is 4. The molecule has 78 valence electrons. The van der Waals surface area contributed by atoms with Crippen molar-refractivity contribution >= 4 is 5.82 Å². The highest BCUT2D eigenvalue weighted by Crippen LogP contribution is 2.18. The number of anilines is 1. The zero-order valence-electron chi connectivity index (χ0n) is 8.24. The summed E-state index contributed by atoms with van der Waals surface area (Å²) in [4.78, 5) is 0. The molecule has 0 amide bonds. The number of rotatable bonds is 3. The molecular formula is C10H16N2O2. The maximum absolute atomic E-state index is 5.61. The van der Waals surface area contributed by atoms with Gasteiger partial charge < -0.3 is 15.0 Å². The third-order valence-corrected chi connectivity index (χ3v) is 2.56. The summed E-state index contributed by atoms with van der Waals surface area (Å²) in [5.41, 5.74) is 5.45. The summed E-state index contributed by atoms with van der Waals surface area (Å²) in [6, 6.07) is 1.78. The third-order valence-electron chi connectivity index (χ3n) is 2.56.